The molecule has 0 spiro atoms. The van der Waals surface area contributed by atoms with Gasteiger partial charge in [-0.1, -0.05) is 0 Å². The maximum absolute atomic E-state index is 13.2. The molecule has 0 saturated carbocycles. The Balaban J connectivity index is 2.64. The highest BCUT2D eigenvalue weighted by Gasteiger charge is 2.51. The van der Waals surface area contributed by atoms with Gasteiger partial charge in [0.05, 0.1) is 6.61 Å². The van der Waals surface area contributed by atoms with E-state index < -0.39 is 18.2 Å². The van der Waals surface area contributed by atoms with Gasteiger partial charge in [-0.15, -0.1) is 0 Å². The van der Waals surface area contributed by atoms with E-state index in [9.17, 15) is 13.2 Å². The maximum Gasteiger partial charge on any atom is 0.281 e. The summed E-state index contributed by atoms with van der Waals surface area (Å²) in [5.74, 6) is -3.28. The van der Waals surface area contributed by atoms with Gasteiger partial charge in [0.25, 0.3) is 5.92 Å². The van der Waals surface area contributed by atoms with Crippen LogP contribution in [0.1, 0.15) is 19.8 Å². The van der Waals surface area contributed by atoms with E-state index in [-0.39, 0.29) is 6.42 Å². The van der Waals surface area contributed by atoms with Gasteiger partial charge in [0.15, 0.2) is 5.67 Å². The molecule has 0 bridgehead atoms. The summed E-state index contributed by atoms with van der Waals surface area (Å²) in [4.78, 5) is 0. The maximum atomic E-state index is 13.2. The lowest BCUT2D eigenvalue weighted by molar-refractivity contribution is -0.175. The molecule has 0 N–H and O–H groups in total. The Morgan fingerprint density at radius 3 is 2.36 bits per heavy atom. The molecule has 1 saturated heterocycles. The van der Waals surface area contributed by atoms with Gasteiger partial charge >= 0.3 is 0 Å². The summed E-state index contributed by atoms with van der Waals surface area (Å²) in [6.45, 7) is 0.514. The number of halogens is 3. The topological polar surface area (TPSA) is 9.23 Å². The Labute approximate surface area is 63.5 Å². The number of alkyl halides is 3. The average molecular weight is 168 g/mol. The normalized spacial score (nSPS) is 33.8. The fraction of sp³-hybridized carbons (Fsp3) is 1.00. The molecule has 1 aliphatic rings. The quantitative estimate of drug-likeness (QED) is 0.583. The van der Waals surface area contributed by atoms with Crippen LogP contribution in [-0.4, -0.2) is 24.8 Å². The molecule has 4 heteroatoms. The van der Waals surface area contributed by atoms with Gasteiger partial charge in [-0.25, -0.2) is 13.2 Å². The van der Waals surface area contributed by atoms with Crippen molar-refractivity contribution in [3.8, 4) is 0 Å². The molecule has 11 heavy (non-hydrogen) atoms. The van der Waals surface area contributed by atoms with Gasteiger partial charge in [-0.3, -0.25) is 0 Å². The second-order valence-corrected chi connectivity index (χ2v) is 3.01. The fourth-order valence-electron chi connectivity index (χ4n) is 1.11. The molecular weight excluding hydrogens is 157 g/mol. The molecule has 0 aromatic carbocycles. The molecule has 0 amide bonds. The van der Waals surface area contributed by atoms with Crippen molar-refractivity contribution in [3.05, 3.63) is 0 Å². The summed E-state index contributed by atoms with van der Waals surface area (Å²) in [5.41, 5.74) is -2.44. The van der Waals surface area contributed by atoms with Crippen molar-refractivity contribution in [3.63, 3.8) is 0 Å². The molecule has 1 nitrogen and oxygen atoms in total. The molecule has 1 fully saturated rings. The van der Waals surface area contributed by atoms with Crippen LogP contribution in [-0.2, 0) is 4.74 Å². The highest BCUT2D eigenvalue weighted by molar-refractivity contribution is 4.92. The van der Waals surface area contributed by atoms with Gasteiger partial charge < -0.3 is 4.74 Å². The van der Waals surface area contributed by atoms with Gasteiger partial charge in [0.1, 0.15) is 0 Å². The Morgan fingerprint density at radius 2 is 2.09 bits per heavy atom. The molecule has 1 rings (SSSR count). The third-order valence-electron chi connectivity index (χ3n) is 1.98. The third kappa shape index (κ3) is 1.67. The molecule has 66 valence electrons. The average Bonchev–Trinajstić information content (AvgIpc) is 1.87. The Hall–Kier alpha value is -0.250. The minimum absolute atomic E-state index is 0.101. The highest BCUT2D eigenvalue weighted by atomic mass is 19.3. The van der Waals surface area contributed by atoms with Crippen molar-refractivity contribution in [1.29, 1.82) is 0 Å². The third-order valence-corrected chi connectivity index (χ3v) is 1.98. The molecule has 0 aliphatic carbocycles. The highest BCUT2D eigenvalue weighted by Crippen LogP contribution is 2.38. The first-order valence-electron chi connectivity index (χ1n) is 3.60. The predicted molar refractivity (Wildman–Crippen MR) is 34.5 cm³/mol. The number of hydrogen-bond donors (Lipinski definition) is 0. The van der Waals surface area contributed by atoms with Crippen molar-refractivity contribution >= 4 is 0 Å². The second-order valence-electron chi connectivity index (χ2n) is 3.01. The van der Waals surface area contributed by atoms with Gasteiger partial charge in [-0.05, 0) is 12.8 Å². The zero-order valence-corrected chi connectivity index (χ0v) is 6.37. The van der Waals surface area contributed by atoms with E-state index in [1.54, 1.807) is 0 Å². The van der Waals surface area contributed by atoms with Crippen LogP contribution in [0, 0.1) is 0 Å². The standard InChI is InChI=1S/C7H11F3O/c1-6(8,9)7(10)3-2-4-11-5-7/h2-5H2,1H3. The van der Waals surface area contributed by atoms with E-state index in [4.69, 9.17) is 0 Å². The molecule has 1 aliphatic heterocycles. The Bertz CT molecular complexity index is 135. The zero-order valence-electron chi connectivity index (χ0n) is 6.37. The van der Waals surface area contributed by atoms with Crippen LogP contribution in [0.3, 0.4) is 0 Å². The second kappa shape index (κ2) is 2.66. The van der Waals surface area contributed by atoms with Crippen LogP contribution in [0.25, 0.3) is 0 Å². The molecule has 0 aromatic heterocycles. The summed E-state index contributed by atoms with van der Waals surface area (Å²) in [5, 5.41) is 0. The first-order valence-corrected chi connectivity index (χ1v) is 3.60. The van der Waals surface area contributed by atoms with E-state index in [0.717, 1.165) is 0 Å². The fourth-order valence-corrected chi connectivity index (χ4v) is 1.11. The largest absolute Gasteiger partial charge is 0.378 e. The minimum Gasteiger partial charge on any atom is -0.378 e. The molecule has 0 radical (unpaired) electrons. The van der Waals surface area contributed by atoms with E-state index >= 15 is 0 Å². The Morgan fingerprint density at radius 1 is 1.45 bits per heavy atom. The molecular formula is C7H11F3O. The van der Waals surface area contributed by atoms with E-state index in [1.165, 1.54) is 0 Å². The van der Waals surface area contributed by atoms with E-state index in [2.05, 4.69) is 4.74 Å². The summed E-state index contributed by atoms with van der Waals surface area (Å²) < 4.78 is 42.9. The lowest BCUT2D eigenvalue weighted by Crippen LogP contribution is -2.48. The Kier molecular flexibility index (Phi) is 2.14. The van der Waals surface area contributed by atoms with Crippen molar-refractivity contribution in [1.82, 2.24) is 0 Å². The van der Waals surface area contributed by atoms with Crippen LogP contribution >= 0.6 is 0 Å². The van der Waals surface area contributed by atoms with Crippen molar-refractivity contribution in [2.75, 3.05) is 13.2 Å². The SMILES string of the molecule is CC(F)(F)C1(F)CCCOC1. The lowest BCUT2D eigenvalue weighted by Gasteiger charge is -2.33. The van der Waals surface area contributed by atoms with Crippen LogP contribution < -0.4 is 0 Å². The monoisotopic (exact) mass is 168 g/mol. The van der Waals surface area contributed by atoms with Gasteiger partial charge in [0, 0.05) is 13.5 Å². The number of hydrogen-bond acceptors (Lipinski definition) is 1. The van der Waals surface area contributed by atoms with Gasteiger partial charge in [-0.2, -0.15) is 0 Å². The van der Waals surface area contributed by atoms with Crippen LogP contribution in [0.15, 0.2) is 0 Å². The summed E-state index contributed by atoms with van der Waals surface area (Å²) >= 11 is 0. The smallest absolute Gasteiger partial charge is 0.281 e. The molecule has 1 heterocycles. The van der Waals surface area contributed by atoms with Crippen molar-refractivity contribution in [2.45, 2.75) is 31.4 Å². The molecule has 0 aromatic rings. The van der Waals surface area contributed by atoms with Gasteiger partial charge in [0.2, 0.25) is 0 Å². The summed E-state index contributed by atoms with van der Waals surface area (Å²) in [7, 11) is 0. The van der Waals surface area contributed by atoms with E-state index in [1.807, 2.05) is 0 Å². The zero-order chi connectivity index (χ0) is 8.54. The summed E-state index contributed by atoms with van der Waals surface area (Å²) in [6, 6.07) is 0. The minimum atomic E-state index is -3.28. The first kappa shape index (κ1) is 8.84. The number of rotatable bonds is 1. The van der Waals surface area contributed by atoms with Crippen molar-refractivity contribution in [2.24, 2.45) is 0 Å². The first-order chi connectivity index (χ1) is 4.96. The van der Waals surface area contributed by atoms with Crippen molar-refractivity contribution < 1.29 is 17.9 Å². The lowest BCUT2D eigenvalue weighted by atomic mass is 9.93. The summed E-state index contributed by atoms with van der Waals surface area (Å²) in [6.07, 6.45) is 0.274. The van der Waals surface area contributed by atoms with Crippen LogP contribution in [0.2, 0.25) is 0 Å². The number of ether oxygens (including phenoxy) is 1. The van der Waals surface area contributed by atoms with Crippen LogP contribution in [0.5, 0.6) is 0 Å². The molecule has 1 atom stereocenters. The van der Waals surface area contributed by atoms with Crippen LogP contribution in [0.4, 0.5) is 13.2 Å². The predicted octanol–water partition coefficient (Wildman–Crippen LogP) is 2.16. The molecule has 1 unspecified atom stereocenters. The van der Waals surface area contributed by atoms with E-state index in [0.29, 0.717) is 20.0 Å².